The zero-order chi connectivity index (χ0) is 20.2. The molecule has 2 aromatic carbocycles. The van der Waals surface area contributed by atoms with E-state index in [4.69, 9.17) is 19.0 Å². The molecule has 0 bridgehead atoms. The summed E-state index contributed by atoms with van der Waals surface area (Å²) in [6, 6.07) is 13.5. The second-order valence-corrected chi connectivity index (χ2v) is 7.02. The van der Waals surface area contributed by atoms with Crippen molar-refractivity contribution >= 4 is 11.6 Å². The molecule has 2 aliphatic rings. The Morgan fingerprint density at radius 2 is 2.07 bits per heavy atom. The van der Waals surface area contributed by atoms with E-state index in [0.29, 0.717) is 25.9 Å². The van der Waals surface area contributed by atoms with Gasteiger partial charge >= 0.3 is 0 Å². The Bertz CT molecular complexity index is 927. The molecule has 2 aliphatic heterocycles. The molecule has 0 fully saturated rings. The van der Waals surface area contributed by atoms with Crippen LogP contribution in [0.4, 0.5) is 0 Å². The second kappa shape index (κ2) is 8.43. The fourth-order valence-electron chi connectivity index (χ4n) is 3.49. The van der Waals surface area contributed by atoms with Crippen LogP contribution in [0.2, 0.25) is 0 Å². The third kappa shape index (κ3) is 4.29. The van der Waals surface area contributed by atoms with Crippen LogP contribution in [0.25, 0.3) is 0 Å². The molecular formula is C22H24N2O5. The molecule has 0 N–H and O–H groups in total. The molecule has 7 nitrogen and oxygen atoms in total. The third-order valence-electron chi connectivity index (χ3n) is 5.03. The minimum atomic E-state index is -0.184. The molecule has 152 valence electrons. The molecule has 0 saturated carbocycles. The number of carbonyl (C=O) groups excluding carboxylic acids is 1. The molecule has 1 amide bonds. The smallest absolute Gasteiger partial charge is 0.231 e. The molecular weight excluding hydrogens is 372 g/mol. The number of carbonyl (C=O) groups is 1. The molecule has 0 saturated heterocycles. The summed E-state index contributed by atoms with van der Waals surface area (Å²) in [6.45, 7) is 3.08. The number of amides is 1. The van der Waals surface area contributed by atoms with E-state index in [9.17, 15) is 4.79 Å². The van der Waals surface area contributed by atoms with Crippen LogP contribution < -0.4 is 14.2 Å². The highest BCUT2D eigenvalue weighted by Crippen LogP contribution is 2.33. The first-order valence-corrected chi connectivity index (χ1v) is 9.69. The van der Waals surface area contributed by atoms with Gasteiger partial charge in [0, 0.05) is 24.9 Å². The van der Waals surface area contributed by atoms with Gasteiger partial charge in [0.25, 0.3) is 0 Å². The minimum Gasteiger partial charge on any atom is -0.497 e. The second-order valence-electron chi connectivity index (χ2n) is 7.02. The summed E-state index contributed by atoms with van der Waals surface area (Å²) in [5, 5.41) is 4.25. The molecule has 2 aromatic rings. The molecule has 1 unspecified atom stereocenters. The molecule has 0 aromatic heterocycles. The fraction of sp³-hybridized carbons (Fsp3) is 0.364. The lowest BCUT2D eigenvalue weighted by atomic mass is 10.0. The minimum absolute atomic E-state index is 0.0768. The van der Waals surface area contributed by atoms with Gasteiger partial charge in [0.15, 0.2) is 17.6 Å². The SMILES string of the molecule is CCC(=O)N(Cc1cccc(OC)c1)CC1CC(c2ccc3c(c2)OCO3)=NO1. The summed E-state index contributed by atoms with van der Waals surface area (Å²) < 4.78 is 16.1. The number of hydrogen-bond acceptors (Lipinski definition) is 6. The largest absolute Gasteiger partial charge is 0.497 e. The van der Waals surface area contributed by atoms with E-state index in [1.807, 2.05) is 54.3 Å². The summed E-state index contributed by atoms with van der Waals surface area (Å²) in [7, 11) is 1.63. The van der Waals surface area contributed by atoms with Gasteiger partial charge in [0.2, 0.25) is 12.7 Å². The maximum Gasteiger partial charge on any atom is 0.231 e. The van der Waals surface area contributed by atoms with Crippen molar-refractivity contribution in [3.63, 3.8) is 0 Å². The van der Waals surface area contributed by atoms with Crippen molar-refractivity contribution in [2.75, 3.05) is 20.4 Å². The van der Waals surface area contributed by atoms with Crippen molar-refractivity contribution in [2.24, 2.45) is 5.16 Å². The number of oxime groups is 1. The van der Waals surface area contributed by atoms with Crippen LogP contribution in [0.15, 0.2) is 47.6 Å². The number of benzene rings is 2. The van der Waals surface area contributed by atoms with Crippen LogP contribution in [0.3, 0.4) is 0 Å². The fourth-order valence-corrected chi connectivity index (χ4v) is 3.49. The van der Waals surface area contributed by atoms with Crippen LogP contribution >= 0.6 is 0 Å². The Morgan fingerprint density at radius 3 is 2.90 bits per heavy atom. The molecule has 0 radical (unpaired) electrons. The zero-order valence-electron chi connectivity index (χ0n) is 16.6. The normalized spacial score (nSPS) is 16.9. The van der Waals surface area contributed by atoms with E-state index in [2.05, 4.69) is 5.16 Å². The van der Waals surface area contributed by atoms with E-state index >= 15 is 0 Å². The van der Waals surface area contributed by atoms with E-state index in [0.717, 1.165) is 34.1 Å². The number of methoxy groups -OCH3 is 1. The lowest BCUT2D eigenvalue weighted by Gasteiger charge is -2.24. The number of fused-ring (bicyclic) bond motifs is 1. The molecule has 4 rings (SSSR count). The quantitative estimate of drug-likeness (QED) is 0.718. The number of ether oxygens (including phenoxy) is 3. The Balaban J connectivity index is 1.41. The maximum atomic E-state index is 12.5. The molecule has 7 heteroatoms. The van der Waals surface area contributed by atoms with Gasteiger partial charge < -0.3 is 23.9 Å². The predicted molar refractivity (Wildman–Crippen MR) is 107 cm³/mol. The Hall–Kier alpha value is -3.22. The zero-order valence-corrected chi connectivity index (χ0v) is 16.6. The van der Waals surface area contributed by atoms with Crippen LogP contribution in [0.1, 0.15) is 30.9 Å². The van der Waals surface area contributed by atoms with Gasteiger partial charge in [0.1, 0.15) is 5.75 Å². The van der Waals surface area contributed by atoms with E-state index < -0.39 is 0 Å². The third-order valence-corrected chi connectivity index (χ3v) is 5.03. The summed E-state index contributed by atoms with van der Waals surface area (Å²) in [4.78, 5) is 20.0. The van der Waals surface area contributed by atoms with Crippen molar-refractivity contribution in [1.29, 1.82) is 0 Å². The number of rotatable bonds is 7. The summed E-state index contributed by atoms with van der Waals surface area (Å²) in [5.41, 5.74) is 2.80. The Morgan fingerprint density at radius 1 is 1.21 bits per heavy atom. The molecule has 0 spiro atoms. The summed E-state index contributed by atoms with van der Waals surface area (Å²) >= 11 is 0. The molecule has 1 atom stereocenters. The Kier molecular flexibility index (Phi) is 5.55. The maximum absolute atomic E-state index is 12.5. The van der Waals surface area contributed by atoms with Gasteiger partial charge in [-0.05, 0) is 35.9 Å². The van der Waals surface area contributed by atoms with E-state index in [1.54, 1.807) is 7.11 Å². The van der Waals surface area contributed by atoms with Gasteiger partial charge in [-0.3, -0.25) is 4.79 Å². The van der Waals surface area contributed by atoms with Gasteiger partial charge in [0.05, 0.1) is 19.4 Å². The monoisotopic (exact) mass is 396 g/mol. The number of nitrogens with zero attached hydrogens (tertiary/aromatic N) is 2. The summed E-state index contributed by atoms with van der Waals surface area (Å²) in [5.74, 6) is 2.31. The van der Waals surface area contributed by atoms with Crippen LogP contribution in [0, 0.1) is 0 Å². The van der Waals surface area contributed by atoms with Crippen LogP contribution in [-0.2, 0) is 16.2 Å². The lowest BCUT2D eigenvalue weighted by molar-refractivity contribution is -0.133. The highest BCUT2D eigenvalue weighted by Gasteiger charge is 2.27. The predicted octanol–water partition coefficient (Wildman–Crippen LogP) is 3.36. The van der Waals surface area contributed by atoms with Crippen LogP contribution in [0.5, 0.6) is 17.2 Å². The van der Waals surface area contributed by atoms with Gasteiger partial charge in [-0.15, -0.1) is 0 Å². The van der Waals surface area contributed by atoms with Gasteiger partial charge in [-0.25, -0.2) is 0 Å². The van der Waals surface area contributed by atoms with Crippen molar-refractivity contribution in [3.05, 3.63) is 53.6 Å². The van der Waals surface area contributed by atoms with Crippen molar-refractivity contribution in [2.45, 2.75) is 32.4 Å². The first-order chi connectivity index (χ1) is 14.2. The topological polar surface area (TPSA) is 69.6 Å². The molecule has 2 heterocycles. The van der Waals surface area contributed by atoms with E-state index in [1.165, 1.54) is 0 Å². The van der Waals surface area contributed by atoms with Gasteiger partial charge in [-0.2, -0.15) is 0 Å². The Labute approximate surface area is 169 Å². The number of hydrogen-bond donors (Lipinski definition) is 0. The van der Waals surface area contributed by atoms with Crippen LogP contribution in [-0.4, -0.2) is 43.1 Å². The molecule has 0 aliphatic carbocycles. The average Bonchev–Trinajstić information content (AvgIpc) is 3.41. The first-order valence-electron chi connectivity index (χ1n) is 9.69. The van der Waals surface area contributed by atoms with Crippen molar-refractivity contribution in [1.82, 2.24) is 4.90 Å². The highest BCUT2D eigenvalue weighted by molar-refractivity contribution is 6.01. The van der Waals surface area contributed by atoms with Crippen molar-refractivity contribution < 1.29 is 23.8 Å². The standard InChI is InChI=1S/C22H24N2O5/c1-3-22(25)24(12-15-5-4-6-17(9-15)26-2)13-18-11-19(23-29-18)16-7-8-20-21(10-16)28-14-27-20/h4-10,18H,3,11-14H2,1-2H3. The average molecular weight is 396 g/mol. The molecule has 29 heavy (non-hydrogen) atoms. The highest BCUT2D eigenvalue weighted by atomic mass is 16.7. The van der Waals surface area contributed by atoms with Gasteiger partial charge in [-0.1, -0.05) is 24.2 Å². The first kappa shape index (κ1) is 19.1. The van der Waals surface area contributed by atoms with E-state index in [-0.39, 0.29) is 18.8 Å². The van der Waals surface area contributed by atoms with Crippen molar-refractivity contribution in [3.8, 4) is 17.2 Å². The summed E-state index contributed by atoms with van der Waals surface area (Å²) in [6.07, 6.45) is 0.884. The lowest BCUT2D eigenvalue weighted by Crippen LogP contribution is -2.36.